The number of amides is 1. The van der Waals surface area contributed by atoms with Gasteiger partial charge < -0.3 is 9.88 Å². The van der Waals surface area contributed by atoms with Crippen molar-refractivity contribution in [1.82, 2.24) is 4.57 Å². The van der Waals surface area contributed by atoms with Gasteiger partial charge in [-0.25, -0.2) is 4.99 Å². The molecule has 3 aromatic rings. The molecule has 2 aromatic carbocycles. The molecule has 1 heterocycles. The summed E-state index contributed by atoms with van der Waals surface area (Å²) in [4.78, 5) is 27.7. The fraction of sp³-hybridized carbons (Fsp3) is 0.111. The van der Waals surface area contributed by atoms with Crippen molar-refractivity contribution in [3.63, 3.8) is 0 Å². The number of nitro groups is 1. The van der Waals surface area contributed by atoms with Crippen molar-refractivity contribution < 1.29 is 9.72 Å². The molecule has 0 spiro atoms. The van der Waals surface area contributed by atoms with Gasteiger partial charge in [-0.1, -0.05) is 11.6 Å². The number of nitrogens with zero attached hydrogens (tertiary/aromatic N) is 3. The van der Waals surface area contributed by atoms with Gasteiger partial charge in [-0.05, 0) is 36.4 Å². The first-order valence-electron chi connectivity index (χ1n) is 7.90. The van der Waals surface area contributed by atoms with Crippen molar-refractivity contribution in [2.45, 2.75) is 6.42 Å². The fourth-order valence-corrected chi connectivity index (χ4v) is 3.37. The number of hydrogen-bond donors (Lipinski definition) is 1. The van der Waals surface area contributed by atoms with E-state index < -0.39 is 4.92 Å². The topological polar surface area (TPSA) is 89.5 Å². The SMILES string of the molecule is Cn1c(CC(=O)Nc2ccc([N+](=O)[O-])cc2)csc1=Nc1ccc(Cl)cc1. The van der Waals surface area contributed by atoms with E-state index in [4.69, 9.17) is 11.6 Å². The van der Waals surface area contributed by atoms with E-state index in [9.17, 15) is 14.9 Å². The second-order valence-corrected chi connectivity index (χ2v) is 6.96. The van der Waals surface area contributed by atoms with Gasteiger partial charge in [-0.15, -0.1) is 11.3 Å². The van der Waals surface area contributed by atoms with Crippen LogP contribution < -0.4 is 10.1 Å². The molecule has 0 atom stereocenters. The summed E-state index contributed by atoms with van der Waals surface area (Å²) in [7, 11) is 1.85. The number of halogens is 1. The van der Waals surface area contributed by atoms with Crippen LogP contribution in [0.2, 0.25) is 5.02 Å². The monoisotopic (exact) mass is 402 g/mol. The molecule has 0 bridgehead atoms. The number of carbonyl (C=O) groups is 1. The molecule has 0 aliphatic rings. The fourth-order valence-electron chi connectivity index (χ4n) is 2.33. The Balaban J connectivity index is 1.70. The van der Waals surface area contributed by atoms with Crippen molar-refractivity contribution in [2.75, 3.05) is 5.32 Å². The highest BCUT2D eigenvalue weighted by Gasteiger charge is 2.10. The van der Waals surface area contributed by atoms with E-state index in [1.807, 2.05) is 29.1 Å². The molecular formula is C18H15ClN4O3S. The largest absolute Gasteiger partial charge is 0.326 e. The Hall–Kier alpha value is -2.97. The lowest BCUT2D eigenvalue weighted by molar-refractivity contribution is -0.384. The van der Waals surface area contributed by atoms with E-state index in [2.05, 4.69) is 10.3 Å². The van der Waals surface area contributed by atoms with Crippen molar-refractivity contribution in [3.8, 4) is 0 Å². The van der Waals surface area contributed by atoms with E-state index in [-0.39, 0.29) is 18.0 Å². The first-order chi connectivity index (χ1) is 12.9. The minimum Gasteiger partial charge on any atom is -0.326 e. The molecule has 1 aromatic heterocycles. The minimum absolute atomic E-state index is 0.0225. The summed E-state index contributed by atoms with van der Waals surface area (Å²) >= 11 is 7.31. The minimum atomic E-state index is -0.483. The molecule has 0 saturated carbocycles. The average Bonchev–Trinajstić information content (AvgIpc) is 2.97. The quantitative estimate of drug-likeness (QED) is 0.515. The molecule has 1 N–H and O–H groups in total. The van der Waals surface area contributed by atoms with Crippen LogP contribution in [0.15, 0.2) is 58.9 Å². The zero-order valence-corrected chi connectivity index (χ0v) is 15.8. The normalized spacial score (nSPS) is 11.4. The van der Waals surface area contributed by atoms with Crippen LogP contribution in [0.1, 0.15) is 5.69 Å². The second-order valence-electron chi connectivity index (χ2n) is 5.69. The number of thiazole rings is 1. The summed E-state index contributed by atoms with van der Waals surface area (Å²) in [5, 5.41) is 15.9. The van der Waals surface area contributed by atoms with Crippen molar-refractivity contribution in [1.29, 1.82) is 0 Å². The molecule has 7 nitrogen and oxygen atoms in total. The van der Waals surface area contributed by atoms with E-state index in [0.29, 0.717) is 10.7 Å². The number of rotatable bonds is 5. The molecular weight excluding hydrogens is 388 g/mol. The van der Waals surface area contributed by atoms with E-state index in [1.54, 1.807) is 12.1 Å². The van der Waals surface area contributed by atoms with Gasteiger partial charge in [0, 0.05) is 41.0 Å². The Labute approximate surface area is 163 Å². The first-order valence-corrected chi connectivity index (χ1v) is 9.16. The molecule has 0 fully saturated rings. The Kier molecular flexibility index (Phi) is 5.68. The summed E-state index contributed by atoms with van der Waals surface area (Å²) in [5.41, 5.74) is 2.08. The smallest absolute Gasteiger partial charge is 0.269 e. The van der Waals surface area contributed by atoms with Crippen LogP contribution in [0, 0.1) is 10.1 Å². The van der Waals surface area contributed by atoms with Gasteiger partial charge in [0.1, 0.15) is 0 Å². The van der Waals surface area contributed by atoms with Crippen LogP contribution in [0.25, 0.3) is 0 Å². The third-order valence-electron chi connectivity index (χ3n) is 3.77. The van der Waals surface area contributed by atoms with Gasteiger partial charge in [0.2, 0.25) is 5.91 Å². The van der Waals surface area contributed by atoms with Gasteiger partial charge in [0.05, 0.1) is 17.0 Å². The van der Waals surface area contributed by atoms with E-state index in [0.717, 1.165) is 16.2 Å². The molecule has 1 amide bonds. The zero-order chi connectivity index (χ0) is 19.4. The highest BCUT2D eigenvalue weighted by atomic mass is 35.5. The summed E-state index contributed by atoms with van der Waals surface area (Å²) in [6.45, 7) is 0. The maximum Gasteiger partial charge on any atom is 0.269 e. The Morgan fingerprint density at radius 1 is 1.22 bits per heavy atom. The van der Waals surface area contributed by atoms with Crippen LogP contribution in [0.5, 0.6) is 0 Å². The molecule has 27 heavy (non-hydrogen) atoms. The maximum atomic E-state index is 12.3. The van der Waals surface area contributed by atoms with Crippen LogP contribution in [0.4, 0.5) is 17.1 Å². The average molecular weight is 403 g/mol. The van der Waals surface area contributed by atoms with Gasteiger partial charge >= 0.3 is 0 Å². The first kappa shape index (κ1) is 18.8. The zero-order valence-electron chi connectivity index (χ0n) is 14.3. The summed E-state index contributed by atoms with van der Waals surface area (Å²) < 4.78 is 1.86. The number of nitro benzene ring substituents is 1. The predicted molar refractivity (Wildman–Crippen MR) is 105 cm³/mol. The van der Waals surface area contributed by atoms with Crippen molar-refractivity contribution in [2.24, 2.45) is 12.0 Å². The van der Waals surface area contributed by atoms with Gasteiger partial charge in [-0.3, -0.25) is 14.9 Å². The Morgan fingerprint density at radius 2 is 1.89 bits per heavy atom. The number of carbonyl (C=O) groups excluding carboxylic acids is 1. The lowest BCUT2D eigenvalue weighted by Gasteiger charge is -2.06. The summed E-state index contributed by atoms with van der Waals surface area (Å²) in [5.74, 6) is -0.213. The number of aromatic nitrogens is 1. The maximum absolute atomic E-state index is 12.3. The molecule has 0 unspecified atom stereocenters. The number of hydrogen-bond acceptors (Lipinski definition) is 5. The predicted octanol–water partition coefficient (Wildman–Crippen LogP) is 4.06. The van der Waals surface area contributed by atoms with Crippen LogP contribution in [-0.2, 0) is 18.3 Å². The van der Waals surface area contributed by atoms with Crippen molar-refractivity contribution in [3.05, 3.63) is 79.5 Å². The van der Waals surface area contributed by atoms with Crippen molar-refractivity contribution >= 4 is 45.9 Å². The number of non-ortho nitro benzene ring substituents is 1. The van der Waals surface area contributed by atoms with E-state index >= 15 is 0 Å². The van der Waals surface area contributed by atoms with Gasteiger partial charge in [0.25, 0.3) is 5.69 Å². The van der Waals surface area contributed by atoms with E-state index in [1.165, 1.54) is 35.6 Å². The summed E-state index contributed by atoms with van der Waals surface area (Å²) in [6.07, 6.45) is 0.167. The molecule has 0 saturated heterocycles. The van der Waals surface area contributed by atoms with Gasteiger partial charge in [-0.2, -0.15) is 0 Å². The molecule has 0 aliphatic carbocycles. The highest BCUT2D eigenvalue weighted by molar-refractivity contribution is 7.07. The van der Waals surface area contributed by atoms with Crippen LogP contribution in [-0.4, -0.2) is 15.4 Å². The van der Waals surface area contributed by atoms with Crippen LogP contribution >= 0.6 is 22.9 Å². The lowest BCUT2D eigenvalue weighted by Crippen LogP contribution is -2.19. The molecule has 0 radical (unpaired) electrons. The Morgan fingerprint density at radius 3 is 2.52 bits per heavy atom. The number of benzene rings is 2. The lowest BCUT2D eigenvalue weighted by atomic mass is 10.2. The standard InChI is InChI=1S/C18H15ClN4O3S/c1-22-16(11-27-18(22)21-14-4-2-12(19)3-5-14)10-17(24)20-13-6-8-15(9-7-13)23(25)26/h2-9,11H,10H2,1H3,(H,20,24). The molecule has 9 heteroatoms. The molecule has 0 aliphatic heterocycles. The molecule has 3 rings (SSSR count). The highest BCUT2D eigenvalue weighted by Crippen LogP contribution is 2.17. The Bertz CT molecular complexity index is 1040. The number of nitrogens with one attached hydrogen (secondary N) is 1. The number of anilines is 1. The third-order valence-corrected chi connectivity index (χ3v) is 4.99. The third kappa shape index (κ3) is 4.81. The van der Waals surface area contributed by atoms with Gasteiger partial charge in [0.15, 0.2) is 4.80 Å². The second kappa shape index (κ2) is 8.15. The molecule has 138 valence electrons. The van der Waals surface area contributed by atoms with Crippen LogP contribution in [0.3, 0.4) is 0 Å². The summed E-state index contributed by atoms with van der Waals surface area (Å²) in [6, 6.07) is 12.9.